The number of carbonyl (C=O) groups is 1. The first-order valence-electron chi connectivity index (χ1n) is 4.62. The van der Waals surface area contributed by atoms with Crippen molar-refractivity contribution in [2.45, 2.75) is 26.3 Å². The van der Waals surface area contributed by atoms with Crippen LogP contribution >= 0.6 is 0 Å². The van der Waals surface area contributed by atoms with Gasteiger partial charge in [0.05, 0.1) is 6.04 Å². The van der Waals surface area contributed by atoms with Crippen LogP contribution in [-0.2, 0) is 4.79 Å². The van der Waals surface area contributed by atoms with Gasteiger partial charge in [-0.3, -0.25) is 4.79 Å². The van der Waals surface area contributed by atoms with E-state index in [2.05, 4.69) is 10.3 Å². The number of amides is 1. The van der Waals surface area contributed by atoms with Crippen molar-refractivity contribution in [1.29, 1.82) is 0 Å². The first-order valence-corrected chi connectivity index (χ1v) is 4.62. The van der Waals surface area contributed by atoms with Gasteiger partial charge in [-0.25, -0.2) is 4.98 Å². The van der Waals surface area contributed by atoms with Gasteiger partial charge in [0, 0.05) is 6.20 Å². The number of pyridine rings is 1. The molecule has 4 heteroatoms. The minimum Gasteiger partial charge on any atom is -0.320 e. The highest BCUT2D eigenvalue weighted by Gasteiger charge is 2.10. The van der Waals surface area contributed by atoms with E-state index in [1.54, 1.807) is 12.3 Å². The Morgan fingerprint density at radius 2 is 2.43 bits per heavy atom. The second-order valence-corrected chi connectivity index (χ2v) is 3.22. The van der Waals surface area contributed by atoms with Gasteiger partial charge in [-0.15, -0.1) is 0 Å². The average molecular weight is 193 g/mol. The summed E-state index contributed by atoms with van der Waals surface area (Å²) in [6.07, 6.45) is 2.28. The molecule has 14 heavy (non-hydrogen) atoms. The molecule has 1 aromatic heterocycles. The van der Waals surface area contributed by atoms with Gasteiger partial charge in [0.15, 0.2) is 0 Å². The number of aromatic nitrogens is 1. The van der Waals surface area contributed by atoms with Crippen molar-refractivity contribution in [3.8, 4) is 0 Å². The van der Waals surface area contributed by atoms with Crippen molar-refractivity contribution in [1.82, 2.24) is 4.98 Å². The molecule has 0 aromatic carbocycles. The highest BCUT2D eigenvalue weighted by atomic mass is 16.2. The normalized spacial score (nSPS) is 12.2. The summed E-state index contributed by atoms with van der Waals surface area (Å²) in [5, 5.41) is 2.66. The average Bonchev–Trinajstić information content (AvgIpc) is 2.16. The second-order valence-electron chi connectivity index (χ2n) is 3.22. The van der Waals surface area contributed by atoms with Crippen molar-refractivity contribution in [2.75, 3.05) is 5.32 Å². The van der Waals surface area contributed by atoms with Crippen molar-refractivity contribution in [2.24, 2.45) is 5.73 Å². The number of rotatable bonds is 3. The Bertz CT molecular complexity index is 325. The quantitative estimate of drug-likeness (QED) is 0.754. The molecule has 1 atom stereocenters. The smallest absolute Gasteiger partial charge is 0.242 e. The molecule has 0 aliphatic carbocycles. The fourth-order valence-electron chi connectivity index (χ4n) is 1.01. The summed E-state index contributed by atoms with van der Waals surface area (Å²) in [6, 6.07) is 3.22. The monoisotopic (exact) mass is 193 g/mol. The molecule has 0 bridgehead atoms. The number of carbonyl (C=O) groups excluding carboxylic acids is 1. The molecule has 0 saturated carbocycles. The number of nitrogens with two attached hydrogens (primary N) is 1. The number of aryl methyl sites for hydroxylation is 1. The summed E-state index contributed by atoms with van der Waals surface area (Å²) in [5.74, 6) is 0.365. The number of nitrogens with zero attached hydrogens (tertiary/aromatic N) is 1. The van der Waals surface area contributed by atoms with E-state index in [1.807, 2.05) is 19.9 Å². The Balaban J connectivity index is 2.65. The lowest BCUT2D eigenvalue weighted by molar-refractivity contribution is -0.117. The van der Waals surface area contributed by atoms with E-state index in [-0.39, 0.29) is 5.91 Å². The van der Waals surface area contributed by atoms with Crippen LogP contribution in [0.4, 0.5) is 5.82 Å². The van der Waals surface area contributed by atoms with Crippen LogP contribution in [-0.4, -0.2) is 16.9 Å². The number of nitrogens with one attached hydrogen (secondary N) is 1. The maximum Gasteiger partial charge on any atom is 0.242 e. The van der Waals surface area contributed by atoms with Gasteiger partial charge in [-0.2, -0.15) is 0 Å². The fourth-order valence-corrected chi connectivity index (χ4v) is 1.01. The summed E-state index contributed by atoms with van der Waals surface area (Å²) in [7, 11) is 0. The van der Waals surface area contributed by atoms with Gasteiger partial charge in [-0.1, -0.05) is 6.92 Å². The molecule has 0 aliphatic rings. The number of hydrogen-bond donors (Lipinski definition) is 2. The zero-order chi connectivity index (χ0) is 10.6. The predicted octanol–water partition coefficient (Wildman–Crippen LogP) is 1.07. The Labute approximate surface area is 83.5 Å². The first-order chi connectivity index (χ1) is 6.63. The molecule has 3 N–H and O–H groups in total. The molecule has 0 aliphatic heterocycles. The lowest BCUT2D eigenvalue weighted by Gasteiger charge is -2.09. The highest BCUT2D eigenvalue weighted by molar-refractivity contribution is 5.93. The Morgan fingerprint density at radius 3 is 3.00 bits per heavy atom. The summed E-state index contributed by atoms with van der Waals surface area (Å²) < 4.78 is 0. The van der Waals surface area contributed by atoms with Crippen molar-refractivity contribution in [3.05, 3.63) is 23.9 Å². The topological polar surface area (TPSA) is 68.0 Å². The lowest BCUT2D eigenvalue weighted by atomic mass is 10.2. The summed E-state index contributed by atoms with van der Waals surface area (Å²) in [5.41, 5.74) is 6.62. The highest BCUT2D eigenvalue weighted by Crippen LogP contribution is 2.05. The largest absolute Gasteiger partial charge is 0.320 e. The van der Waals surface area contributed by atoms with Crippen LogP contribution in [0.2, 0.25) is 0 Å². The minimum absolute atomic E-state index is 0.189. The maximum atomic E-state index is 11.4. The standard InChI is InChI=1S/C10H15N3O/c1-3-8(11)10(14)13-9-6-7(2)4-5-12-9/h4-6,8H,3,11H2,1-2H3,(H,12,13,14). The molecule has 1 heterocycles. The molecule has 0 saturated heterocycles. The summed E-state index contributed by atoms with van der Waals surface area (Å²) in [4.78, 5) is 15.4. The van der Waals surface area contributed by atoms with Gasteiger partial charge < -0.3 is 11.1 Å². The van der Waals surface area contributed by atoms with Crippen molar-refractivity contribution in [3.63, 3.8) is 0 Å². The van der Waals surface area contributed by atoms with Crippen LogP contribution in [0.5, 0.6) is 0 Å². The van der Waals surface area contributed by atoms with E-state index in [1.165, 1.54) is 0 Å². The van der Waals surface area contributed by atoms with E-state index < -0.39 is 6.04 Å². The molecule has 1 unspecified atom stereocenters. The molecule has 1 amide bonds. The second kappa shape index (κ2) is 4.72. The molecule has 0 spiro atoms. The summed E-state index contributed by atoms with van der Waals surface area (Å²) >= 11 is 0. The van der Waals surface area contributed by atoms with Crippen LogP contribution in [0.1, 0.15) is 18.9 Å². The van der Waals surface area contributed by atoms with Crippen LogP contribution in [0.15, 0.2) is 18.3 Å². The molecule has 1 rings (SSSR count). The Hall–Kier alpha value is -1.42. The molecular weight excluding hydrogens is 178 g/mol. The molecule has 0 fully saturated rings. The van der Waals surface area contributed by atoms with Crippen LogP contribution in [0, 0.1) is 6.92 Å². The van der Waals surface area contributed by atoms with E-state index in [0.717, 1.165) is 5.56 Å². The number of anilines is 1. The molecule has 4 nitrogen and oxygen atoms in total. The zero-order valence-corrected chi connectivity index (χ0v) is 8.45. The number of hydrogen-bond acceptors (Lipinski definition) is 3. The van der Waals surface area contributed by atoms with Gasteiger partial charge in [0.1, 0.15) is 5.82 Å². The summed E-state index contributed by atoms with van der Waals surface area (Å²) in [6.45, 7) is 3.81. The van der Waals surface area contributed by atoms with Gasteiger partial charge in [-0.05, 0) is 31.0 Å². The predicted molar refractivity (Wildman–Crippen MR) is 55.9 cm³/mol. The Kier molecular flexibility index (Phi) is 3.59. The van der Waals surface area contributed by atoms with Crippen LogP contribution < -0.4 is 11.1 Å². The van der Waals surface area contributed by atoms with Gasteiger partial charge in [0.25, 0.3) is 0 Å². The van der Waals surface area contributed by atoms with Crippen LogP contribution in [0.3, 0.4) is 0 Å². The third kappa shape index (κ3) is 2.81. The zero-order valence-electron chi connectivity index (χ0n) is 8.45. The first kappa shape index (κ1) is 10.7. The maximum absolute atomic E-state index is 11.4. The Morgan fingerprint density at radius 1 is 1.71 bits per heavy atom. The fraction of sp³-hybridized carbons (Fsp3) is 0.400. The van der Waals surface area contributed by atoms with Gasteiger partial charge in [0.2, 0.25) is 5.91 Å². The molecule has 0 radical (unpaired) electrons. The van der Waals surface area contributed by atoms with Crippen molar-refractivity contribution < 1.29 is 4.79 Å². The van der Waals surface area contributed by atoms with E-state index >= 15 is 0 Å². The molecule has 76 valence electrons. The lowest BCUT2D eigenvalue weighted by Crippen LogP contribution is -2.35. The van der Waals surface area contributed by atoms with E-state index in [9.17, 15) is 4.79 Å². The third-order valence-electron chi connectivity index (χ3n) is 1.94. The molecule has 1 aromatic rings. The minimum atomic E-state index is -0.461. The van der Waals surface area contributed by atoms with E-state index in [4.69, 9.17) is 5.73 Å². The van der Waals surface area contributed by atoms with Crippen molar-refractivity contribution >= 4 is 11.7 Å². The third-order valence-corrected chi connectivity index (χ3v) is 1.94. The van der Waals surface area contributed by atoms with E-state index in [0.29, 0.717) is 12.2 Å². The SMILES string of the molecule is CCC(N)C(=O)Nc1cc(C)ccn1. The molecular formula is C10H15N3O. The van der Waals surface area contributed by atoms with Crippen LogP contribution in [0.25, 0.3) is 0 Å². The van der Waals surface area contributed by atoms with Gasteiger partial charge >= 0.3 is 0 Å².